The average molecular weight is 357 g/mol. The van der Waals surface area contributed by atoms with Crippen molar-refractivity contribution in [1.29, 1.82) is 0 Å². The van der Waals surface area contributed by atoms with E-state index in [-0.39, 0.29) is 18.6 Å². The minimum Gasteiger partial charge on any atom is -0.467 e. The van der Waals surface area contributed by atoms with E-state index in [1.54, 1.807) is 17.9 Å². The van der Waals surface area contributed by atoms with Gasteiger partial charge in [0.1, 0.15) is 12.3 Å². The summed E-state index contributed by atoms with van der Waals surface area (Å²) in [5.74, 6) is -0.506. The Morgan fingerprint density at radius 1 is 1.40 bits per heavy atom. The number of rotatable bonds is 7. The fourth-order valence-corrected chi connectivity index (χ4v) is 3.04. The second kappa shape index (κ2) is 8.51. The van der Waals surface area contributed by atoms with Crippen LogP contribution in [0.5, 0.6) is 0 Å². The molecule has 1 fully saturated rings. The number of carbonyl (C=O) groups excluding carboxylic acids is 1. The molecule has 0 aromatic carbocycles. The van der Waals surface area contributed by atoms with E-state index in [9.17, 15) is 18.4 Å². The fourth-order valence-electron chi connectivity index (χ4n) is 3.04. The lowest BCUT2D eigenvalue weighted by Gasteiger charge is -2.18. The van der Waals surface area contributed by atoms with Crippen LogP contribution in [0, 0.1) is 6.92 Å². The Labute approximate surface area is 145 Å². The van der Waals surface area contributed by atoms with Gasteiger partial charge >= 0.3 is 5.97 Å². The van der Waals surface area contributed by atoms with E-state index in [2.05, 4.69) is 5.10 Å². The summed E-state index contributed by atoms with van der Waals surface area (Å²) in [6, 6.07) is 0.896. The normalized spacial score (nSPS) is 22.1. The highest BCUT2D eigenvalue weighted by atomic mass is 19.2. The maximum atomic E-state index is 13.3. The summed E-state index contributed by atoms with van der Waals surface area (Å²) in [5, 5.41) is 4.31. The van der Waals surface area contributed by atoms with E-state index >= 15 is 0 Å². The first kappa shape index (κ1) is 19.5. The molecule has 0 aliphatic carbocycles. The molecule has 140 valence electrons. The number of hydrogen-bond acceptors (Lipinski definition) is 5. The molecule has 3 atom stereocenters. The van der Waals surface area contributed by atoms with E-state index < -0.39 is 24.4 Å². The van der Waals surface area contributed by atoms with Crippen molar-refractivity contribution in [2.24, 2.45) is 0 Å². The fraction of sp³-hybridized carbons (Fsp3) is 0.706. The third-order valence-electron chi connectivity index (χ3n) is 4.44. The summed E-state index contributed by atoms with van der Waals surface area (Å²) in [6.45, 7) is 4.16. The molecule has 0 radical (unpaired) electrons. The predicted octanol–water partition coefficient (Wildman–Crippen LogP) is 1.60. The number of esters is 1. The number of aryl methyl sites for hydroxylation is 1. The van der Waals surface area contributed by atoms with Gasteiger partial charge in [0.2, 0.25) is 0 Å². The topological polar surface area (TPSA) is 64.4 Å². The van der Waals surface area contributed by atoms with Gasteiger partial charge in [0, 0.05) is 31.6 Å². The van der Waals surface area contributed by atoms with Crippen molar-refractivity contribution in [2.45, 2.75) is 51.5 Å². The first-order valence-electron chi connectivity index (χ1n) is 8.55. The molecule has 1 saturated heterocycles. The van der Waals surface area contributed by atoms with Crippen LogP contribution in [-0.4, -0.2) is 59.7 Å². The highest BCUT2D eigenvalue weighted by Gasteiger charge is 2.32. The molecule has 0 bridgehead atoms. The zero-order valence-corrected chi connectivity index (χ0v) is 14.9. The Hall–Kier alpha value is -1.83. The van der Waals surface area contributed by atoms with Gasteiger partial charge in [-0.15, -0.1) is 0 Å². The number of likely N-dealkylation sites (tertiary alicyclic amines) is 1. The lowest BCUT2D eigenvalue weighted by Crippen LogP contribution is -2.35. The molecule has 2 rings (SSSR count). The zero-order chi connectivity index (χ0) is 18.6. The standard InChI is InChI=1S/C17H25F2N3O3/c1-4-5-15(17(24)25-3)22-16(23)11(2)8-12(20-22)6-7-21-9-13(18)14(19)10-21/h8,13-15H,4-7,9-10H2,1-3H3/t13-,14+,15?. The van der Waals surface area contributed by atoms with Crippen molar-refractivity contribution < 1.29 is 18.3 Å². The van der Waals surface area contributed by atoms with Crippen molar-refractivity contribution in [3.05, 3.63) is 27.7 Å². The van der Waals surface area contributed by atoms with Gasteiger partial charge in [-0.3, -0.25) is 9.69 Å². The van der Waals surface area contributed by atoms with Crippen LogP contribution in [0.1, 0.15) is 37.1 Å². The summed E-state index contributed by atoms with van der Waals surface area (Å²) in [4.78, 5) is 26.1. The number of aromatic nitrogens is 2. The number of ether oxygens (including phenoxy) is 1. The van der Waals surface area contributed by atoms with Gasteiger partial charge in [0.15, 0.2) is 6.04 Å². The quantitative estimate of drug-likeness (QED) is 0.694. The lowest BCUT2D eigenvalue weighted by atomic mass is 10.1. The monoisotopic (exact) mass is 357 g/mol. The van der Waals surface area contributed by atoms with Crippen LogP contribution in [0.15, 0.2) is 10.9 Å². The first-order valence-corrected chi connectivity index (χ1v) is 8.55. The number of hydrogen-bond donors (Lipinski definition) is 0. The summed E-state index contributed by atoms with van der Waals surface area (Å²) in [5.41, 5.74) is 0.754. The SMILES string of the molecule is CCCC(C(=O)OC)n1nc(CCN2C[C@@H](F)[C@@H](F)C2)cc(C)c1=O. The molecule has 0 amide bonds. The van der Waals surface area contributed by atoms with Crippen LogP contribution >= 0.6 is 0 Å². The highest BCUT2D eigenvalue weighted by molar-refractivity contribution is 5.73. The molecule has 0 saturated carbocycles. The smallest absolute Gasteiger partial charge is 0.330 e. The number of halogens is 2. The Morgan fingerprint density at radius 2 is 2.04 bits per heavy atom. The third-order valence-corrected chi connectivity index (χ3v) is 4.44. The lowest BCUT2D eigenvalue weighted by molar-refractivity contribution is -0.145. The second-order valence-corrected chi connectivity index (χ2v) is 6.44. The summed E-state index contributed by atoms with van der Waals surface area (Å²) >= 11 is 0. The Balaban J connectivity index is 2.19. The van der Waals surface area contributed by atoms with Crippen molar-refractivity contribution in [3.63, 3.8) is 0 Å². The van der Waals surface area contributed by atoms with Crippen molar-refractivity contribution in [1.82, 2.24) is 14.7 Å². The van der Waals surface area contributed by atoms with Gasteiger partial charge in [-0.2, -0.15) is 5.10 Å². The molecule has 1 aromatic heterocycles. The van der Waals surface area contributed by atoms with Gasteiger partial charge in [-0.1, -0.05) is 13.3 Å². The van der Waals surface area contributed by atoms with Crippen LogP contribution in [0.3, 0.4) is 0 Å². The van der Waals surface area contributed by atoms with Crippen LogP contribution < -0.4 is 5.56 Å². The van der Waals surface area contributed by atoms with Crippen molar-refractivity contribution in [3.8, 4) is 0 Å². The van der Waals surface area contributed by atoms with Crippen LogP contribution in [0.4, 0.5) is 8.78 Å². The average Bonchev–Trinajstić information content (AvgIpc) is 2.91. The van der Waals surface area contributed by atoms with E-state index in [4.69, 9.17) is 4.74 Å². The molecular formula is C17H25F2N3O3. The second-order valence-electron chi connectivity index (χ2n) is 6.44. The third kappa shape index (κ3) is 4.62. The molecule has 1 aliphatic heterocycles. The summed E-state index contributed by atoms with van der Waals surface area (Å²) < 4.78 is 32.5. The van der Waals surface area contributed by atoms with Crippen LogP contribution in [0.2, 0.25) is 0 Å². The van der Waals surface area contributed by atoms with Gasteiger partial charge in [0.05, 0.1) is 12.8 Å². The molecule has 1 aromatic rings. The minimum absolute atomic E-state index is 0.0698. The Bertz CT molecular complexity index is 655. The highest BCUT2D eigenvalue weighted by Crippen LogP contribution is 2.17. The Kier molecular flexibility index (Phi) is 6.64. The molecule has 2 heterocycles. The summed E-state index contributed by atoms with van der Waals surface area (Å²) in [7, 11) is 1.28. The molecule has 1 unspecified atom stereocenters. The molecular weight excluding hydrogens is 332 g/mol. The molecule has 25 heavy (non-hydrogen) atoms. The maximum Gasteiger partial charge on any atom is 0.330 e. The van der Waals surface area contributed by atoms with Crippen LogP contribution in [-0.2, 0) is 16.0 Å². The minimum atomic E-state index is -1.45. The van der Waals surface area contributed by atoms with Gasteiger partial charge in [-0.25, -0.2) is 18.3 Å². The predicted molar refractivity (Wildman–Crippen MR) is 89.1 cm³/mol. The number of alkyl halides is 2. The largest absolute Gasteiger partial charge is 0.467 e. The maximum absolute atomic E-state index is 13.3. The number of methoxy groups -OCH3 is 1. The van der Waals surface area contributed by atoms with Crippen molar-refractivity contribution >= 4 is 5.97 Å². The van der Waals surface area contributed by atoms with E-state index in [0.29, 0.717) is 37.1 Å². The van der Waals surface area contributed by atoms with Gasteiger partial charge in [0.25, 0.3) is 5.56 Å². The van der Waals surface area contributed by atoms with Crippen molar-refractivity contribution in [2.75, 3.05) is 26.7 Å². The number of nitrogens with zero attached hydrogens (tertiary/aromatic N) is 3. The van der Waals surface area contributed by atoms with Gasteiger partial charge < -0.3 is 4.74 Å². The van der Waals surface area contributed by atoms with Crippen LogP contribution in [0.25, 0.3) is 0 Å². The molecule has 0 spiro atoms. The molecule has 8 heteroatoms. The number of carbonyl (C=O) groups is 1. The summed E-state index contributed by atoms with van der Waals surface area (Å²) in [6.07, 6.45) is -1.31. The molecule has 6 nitrogen and oxygen atoms in total. The van der Waals surface area contributed by atoms with E-state index in [1.807, 2.05) is 6.92 Å². The van der Waals surface area contributed by atoms with E-state index in [1.165, 1.54) is 11.8 Å². The first-order chi connectivity index (χ1) is 11.9. The van der Waals surface area contributed by atoms with Gasteiger partial charge in [-0.05, 0) is 19.4 Å². The zero-order valence-electron chi connectivity index (χ0n) is 14.9. The van der Waals surface area contributed by atoms with E-state index in [0.717, 1.165) is 0 Å². The Morgan fingerprint density at radius 3 is 2.60 bits per heavy atom. The molecule has 1 aliphatic rings. The molecule has 0 N–H and O–H groups in total.